The lowest BCUT2D eigenvalue weighted by Gasteiger charge is -2.27. The molecule has 5 nitrogen and oxygen atoms in total. The Morgan fingerprint density at radius 2 is 1.76 bits per heavy atom. The van der Waals surface area contributed by atoms with E-state index in [-0.39, 0.29) is 23.5 Å². The van der Waals surface area contributed by atoms with Crippen LogP contribution in [-0.2, 0) is 4.79 Å². The van der Waals surface area contributed by atoms with Gasteiger partial charge in [-0.3, -0.25) is 9.59 Å². The molecule has 1 atom stereocenters. The summed E-state index contributed by atoms with van der Waals surface area (Å²) >= 11 is 0. The lowest BCUT2D eigenvalue weighted by Crippen LogP contribution is -2.39. The highest BCUT2D eigenvalue weighted by Crippen LogP contribution is 2.31. The van der Waals surface area contributed by atoms with Gasteiger partial charge in [0, 0.05) is 25.9 Å². The predicted octanol–water partition coefficient (Wildman–Crippen LogP) is 4.10. The Hall–Kier alpha value is -3.28. The van der Waals surface area contributed by atoms with Crippen LogP contribution >= 0.6 is 0 Å². The minimum Gasteiger partial charge on any atom is -0.336 e. The number of hydrogen-bond acceptors (Lipinski definition) is 3. The summed E-state index contributed by atoms with van der Waals surface area (Å²) in [5.41, 5.74) is 3.41. The molecule has 2 heterocycles. The fourth-order valence-corrected chi connectivity index (χ4v) is 3.80. The summed E-state index contributed by atoms with van der Waals surface area (Å²) in [5, 5.41) is 0. The summed E-state index contributed by atoms with van der Waals surface area (Å²) in [5.74, 6) is -0.188. The monoisotopic (exact) mass is 391 g/mol. The molecular formula is C23H22FN3O2. The van der Waals surface area contributed by atoms with Gasteiger partial charge in [0.05, 0.1) is 18.6 Å². The van der Waals surface area contributed by atoms with Crippen molar-refractivity contribution in [3.05, 3.63) is 78.1 Å². The maximum absolute atomic E-state index is 13.4. The van der Waals surface area contributed by atoms with E-state index in [9.17, 15) is 14.0 Å². The standard InChI is InChI=1S/C23H22FN3O2/c1-16(20-4-2-3-5-21(20)17-6-8-18(24)9-7-17)27-15-25-14-22(27)23(29)26-12-10-19(28)11-13-26/h2-9,14-16H,10-13H2,1H3/t16-/m0/s1. The number of carbonyl (C=O) groups excluding carboxylic acids is 2. The van der Waals surface area contributed by atoms with Crippen LogP contribution < -0.4 is 0 Å². The molecule has 6 heteroatoms. The van der Waals surface area contributed by atoms with Crippen molar-refractivity contribution in [1.29, 1.82) is 0 Å². The SMILES string of the molecule is C[C@@H](c1ccccc1-c1ccc(F)cc1)n1cncc1C(=O)N1CCC(=O)CC1. The van der Waals surface area contributed by atoms with Crippen molar-refractivity contribution in [3.8, 4) is 11.1 Å². The Labute approximate surface area is 168 Å². The van der Waals surface area contributed by atoms with E-state index in [1.165, 1.54) is 12.1 Å². The van der Waals surface area contributed by atoms with Crippen LogP contribution in [-0.4, -0.2) is 39.2 Å². The number of imidazole rings is 1. The number of benzene rings is 2. The van der Waals surface area contributed by atoms with Crippen LogP contribution in [0.4, 0.5) is 4.39 Å². The zero-order valence-corrected chi connectivity index (χ0v) is 16.2. The molecule has 1 amide bonds. The third-order valence-corrected chi connectivity index (χ3v) is 5.48. The van der Waals surface area contributed by atoms with Gasteiger partial charge in [-0.2, -0.15) is 0 Å². The molecule has 0 radical (unpaired) electrons. The molecule has 0 N–H and O–H groups in total. The second-order valence-corrected chi connectivity index (χ2v) is 7.29. The van der Waals surface area contributed by atoms with Crippen molar-refractivity contribution < 1.29 is 14.0 Å². The summed E-state index contributed by atoms with van der Waals surface area (Å²) in [4.78, 5) is 30.4. The molecule has 0 bridgehead atoms. The zero-order chi connectivity index (χ0) is 20.4. The highest BCUT2D eigenvalue weighted by atomic mass is 19.1. The minimum atomic E-state index is -0.276. The van der Waals surface area contributed by atoms with E-state index in [0.717, 1.165) is 16.7 Å². The minimum absolute atomic E-state index is 0.110. The molecule has 1 aliphatic rings. The smallest absolute Gasteiger partial charge is 0.272 e. The molecule has 29 heavy (non-hydrogen) atoms. The summed E-state index contributed by atoms with van der Waals surface area (Å²) in [7, 11) is 0. The van der Waals surface area contributed by atoms with Crippen molar-refractivity contribution in [3.63, 3.8) is 0 Å². The molecule has 1 aromatic heterocycles. The molecule has 1 aliphatic heterocycles. The normalized spacial score (nSPS) is 15.4. The van der Waals surface area contributed by atoms with Crippen LogP contribution in [0.1, 0.15) is 41.9 Å². The van der Waals surface area contributed by atoms with Crippen molar-refractivity contribution in [2.45, 2.75) is 25.8 Å². The second kappa shape index (κ2) is 7.99. The van der Waals surface area contributed by atoms with Gasteiger partial charge in [0.25, 0.3) is 5.91 Å². The third-order valence-electron chi connectivity index (χ3n) is 5.48. The third kappa shape index (κ3) is 3.83. The quantitative estimate of drug-likeness (QED) is 0.673. The van der Waals surface area contributed by atoms with Gasteiger partial charge in [-0.25, -0.2) is 9.37 Å². The molecule has 3 aromatic rings. The van der Waals surface area contributed by atoms with E-state index in [0.29, 0.717) is 31.6 Å². The number of amides is 1. The Balaban J connectivity index is 1.66. The molecule has 0 spiro atoms. The van der Waals surface area contributed by atoms with Gasteiger partial charge in [-0.15, -0.1) is 0 Å². The number of hydrogen-bond donors (Lipinski definition) is 0. The average molecular weight is 391 g/mol. The molecule has 1 fully saturated rings. The molecule has 148 valence electrons. The first-order valence-corrected chi connectivity index (χ1v) is 9.72. The van der Waals surface area contributed by atoms with Crippen molar-refractivity contribution in [2.24, 2.45) is 0 Å². The summed E-state index contributed by atoms with van der Waals surface area (Å²) in [6.07, 6.45) is 4.05. The van der Waals surface area contributed by atoms with Crippen LogP contribution in [0.3, 0.4) is 0 Å². The Morgan fingerprint density at radius 1 is 1.07 bits per heavy atom. The predicted molar refractivity (Wildman–Crippen MR) is 108 cm³/mol. The molecule has 0 unspecified atom stereocenters. The highest BCUT2D eigenvalue weighted by molar-refractivity contribution is 5.94. The summed E-state index contributed by atoms with van der Waals surface area (Å²) < 4.78 is 15.2. The van der Waals surface area contributed by atoms with E-state index in [1.54, 1.807) is 29.6 Å². The van der Waals surface area contributed by atoms with Crippen LogP contribution in [0.2, 0.25) is 0 Å². The number of carbonyl (C=O) groups is 2. The number of piperidine rings is 1. The Morgan fingerprint density at radius 3 is 2.48 bits per heavy atom. The first-order valence-electron chi connectivity index (χ1n) is 9.72. The van der Waals surface area contributed by atoms with Gasteiger partial charge in [0.1, 0.15) is 17.3 Å². The lowest BCUT2D eigenvalue weighted by molar-refractivity contribution is -0.120. The molecule has 4 rings (SSSR count). The second-order valence-electron chi connectivity index (χ2n) is 7.29. The van der Waals surface area contributed by atoms with Gasteiger partial charge in [0.15, 0.2) is 0 Å². The van der Waals surface area contributed by atoms with Gasteiger partial charge in [0.2, 0.25) is 0 Å². The highest BCUT2D eigenvalue weighted by Gasteiger charge is 2.26. The Kier molecular flexibility index (Phi) is 5.25. The van der Waals surface area contributed by atoms with Crippen molar-refractivity contribution >= 4 is 11.7 Å². The maximum Gasteiger partial charge on any atom is 0.272 e. The number of aromatic nitrogens is 2. The van der Waals surface area contributed by atoms with E-state index >= 15 is 0 Å². The number of likely N-dealkylation sites (tertiary alicyclic amines) is 1. The Bertz CT molecular complexity index is 1030. The molecule has 0 saturated carbocycles. The van der Waals surface area contributed by atoms with E-state index < -0.39 is 0 Å². The van der Waals surface area contributed by atoms with Gasteiger partial charge < -0.3 is 9.47 Å². The van der Waals surface area contributed by atoms with Gasteiger partial charge in [-0.05, 0) is 35.7 Å². The van der Waals surface area contributed by atoms with Crippen molar-refractivity contribution in [2.75, 3.05) is 13.1 Å². The molecule has 2 aromatic carbocycles. The number of Topliss-reactive ketones (excluding diaryl/α,β-unsaturated/α-hetero) is 1. The van der Waals surface area contributed by atoms with Crippen LogP contribution in [0.25, 0.3) is 11.1 Å². The maximum atomic E-state index is 13.4. The van der Waals surface area contributed by atoms with Crippen LogP contribution in [0, 0.1) is 5.82 Å². The average Bonchev–Trinajstić information content (AvgIpc) is 3.24. The molecule has 0 aliphatic carbocycles. The molecule has 1 saturated heterocycles. The zero-order valence-electron chi connectivity index (χ0n) is 16.2. The van der Waals surface area contributed by atoms with E-state index in [2.05, 4.69) is 4.98 Å². The fourth-order valence-electron chi connectivity index (χ4n) is 3.80. The van der Waals surface area contributed by atoms with Crippen LogP contribution in [0.5, 0.6) is 0 Å². The number of nitrogens with zero attached hydrogens (tertiary/aromatic N) is 3. The number of rotatable bonds is 4. The largest absolute Gasteiger partial charge is 0.336 e. The summed E-state index contributed by atoms with van der Waals surface area (Å²) in [6.45, 7) is 2.91. The lowest BCUT2D eigenvalue weighted by atomic mass is 9.95. The summed E-state index contributed by atoms with van der Waals surface area (Å²) in [6, 6.07) is 14.2. The van der Waals surface area contributed by atoms with Gasteiger partial charge in [-0.1, -0.05) is 36.4 Å². The number of halogens is 1. The first-order chi connectivity index (χ1) is 14.0. The van der Waals surface area contributed by atoms with Gasteiger partial charge >= 0.3 is 0 Å². The molecular weight excluding hydrogens is 369 g/mol. The van der Waals surface area contributed by atoms with Crippen molar-refractivity contribution in [1.82, 2.24) is 14.5 Å². The first kappa shape index (κ1) is 19.1. The van der Waals surface area contributed by atoms with Crippen LogP contribution in [0.15, 0.2) is 61.1 Å². The van der Waals surface area contributed by atoms with E-state index in [1.807, 2.05) is 35.8 Å². The number of ketones is 1. The fraction of sp³-hybridized carbons (Fsp3) is 0.261. The van der Waals surface area contributed by atoms with E-state index in [4.69, 9.17) is 0 Å². The topological polar surface area (TPSA) is 55.2 Å².